The van der Waals surface area contributed by atoms with Gasteiger partial charge >= 0.3 is 0 Å². The minimum Gasteiger partial charge on any atom is -0.284 e. The number of aromatic nitrogens is 3. The van der Waals surface area contributed by atoms with E-state index in [2.05, 4.69) is 34.3 Å². The second-order valence-electron chi connectivity index (χ2n) is 5.58. The van der Waals surface area contributed by atoms with Crippen LogP contribution in [0, 0.1) is 3.95 Å². The van der Waals surface area contributed by atoms with Crippen LogP contribution in [0.15, 0.2) is 29.8 Å². The molecule has 4 nitrogen and oxygen atoms in total. The van der Waals surface area contributed by atoms with Crippen molar-refractivity contribution in [3.63, 3.8) is 0 Å². The number of thiazole rings is 1. The Balaban J connectivity index is 1.53. The van der Waals surface area contributed by atoms with E-state index in [9.17, 15) is 0 Å². The number of rotatable bonds is 3. The van der Waals surface area contributed by atoms with Crippen molar-refractivity contribution >= 4 is 45.1 Å². The van der Waals surface area contributed by atoms with Gasteiger partial charge in [0.2, 0.25) is 0 Å². The van der Waals surface area contributed by atoms with Crippen molar-refractivity contribution in [2.45, 2.75) is 25.4 Å². The molecular weight excluding hydrogens is 332 g/mol. The first kappa shape index (κ1) is 14.4. The molecule has 3 aromatic rings. The fourth-order valence-corrected chi connectivity index (χ4v) is 4.77. The number of benzene rings is 1. The number of hydrogen-bond donors (Lipinski definition) is 0. The van der Waals surface area contributed by atoms with Crippen molar-refractivity contribution in [1.29, 1.82) is 0 Å². The third-order valence-electron chi connectivity index (χ3n) is 4.05. The smallest absolute Gasteiger partial charge is 0.180 e. The van der Waals surface area contributed by atoms with Crippen LogP contribution in [0.3, 0.4) is 0 Å². The van der Waals surface area contributed by atoms with Crippen LogP contribution >= 0.6 is 34.9 Å². The van der Waals surface area contributed by atoms with E-state index >= 15 is 0 Å². The summed E-state index contributed by atoms with van der Waals surface area (Å²) in [6, 6.07) is 8.40. The third-order valence-corrected chi connectivity index (χ3v) is 6.36. The molecule has 0 spiro atoms. The standard InChI is InChI=1S/C15H16N4S3/c20-15-19(16-9-21-15)10-18-7-3-4-11(8-18)14-17-12-5-1-2-6-13(12)22-14/h1-2,5-6,9,11H,3-4,7-8,10H2. The Hall–Kier alpha value is -1.15. The van der Waals surface area contributed by atoms with Crippen molar-refractivity contribution in [3.8, 4) is 0 Å². The second kappa shape index (κ2) is 6.16. The van der Waals surface area contributed by atoms with Gasteiger partial charge in [-0.3, -0.25) is 4.90 Å². The first-order chi connectivity index (χ1) is 10.8. The molecule has 0 aliphatic carbocycles. The molecule has 0 amide bonds. The lowest BCUT2D eigenvalue weighted by atomic mass is 9.99. The van der Waals surface area contributed by atoms with Gasteiger partial charge in [0.05, 0.1) is 21.9 Å². The van der Waals surface area contributed by atoms with E-state index < -0.39 is 0 Å². The molecule has 1 aliphatic heterocycles. The number of nitrogens with zero attached hydrogens (tertiary/aromatic N) is 4. The summed E-state index contributed by atoms with van der Waals surface area (Å²) in [7, 11) is 0. The van der Waals surface area contributed by atoms with E-state index in [1.807, 2.05) is 21.5 Å². The summed E-state index contributed by atoms with van der Waals surface area (Å²) in [5.74, 6) is 0.527. The lowest BCUT2D eigenvalue weighted by Gasteiger charge is -2.31. The molecular formula is C15H16N4S3. The first-order valence-corrected chi connectivity index (χ1v) is 9.48. The van der Waals surface area contributed by atoms with Crippen molar-refractivity contribution < 1.29 is 0 Å². The Morgan fingerprint density at radius 3 is 3.05 bits per heavy atom. The van der Waals surface area contributed by atoms with E-state index in [0.29, 0.717) is 5.92 Å². The van der Waals surface area contributed by atoms with Gasteiger partial charge in [0.1, 0.15) is 5.51 Å². The lowest BCUT2D eigenvalue weighted by Crippen LogP contribution is -2.36. The van der Waals surface area contributed by atoms with Crippen LogP contribution in [0.25, 0.3) is 10.2 Å². The van der Waals surface area contributed by atoms with Gasteiger partial charge in [-0.25, -0.2) is 9.67 Å². The fraction of sp³-hybridized carbons (Fsp3) is 0.400. The summed E-state index contributed by atoms with van der Waals surface area (Å²) in [5.41, 5.74) is 2.94. The molecule has 0 N–H and O–H groups in total. The molecule has 0 radical (unpaired) electrons. The maximum absolute atomic E-state index is 5.30. The zero-order valence-corrected chi connectivity index (χ0v) is 14.5. The number of hydrogen-bond acceptors (Lipinski definition) is 6. The zero-order valence-electron chi connectivity index (χ0n) is 12.0. The van der Waals surface area contributed by atoms with E-state index in [4.69, 9.17) is 17.2 Å². The highest BCUT2D eigenvalue weighted by Gasteiger charge is 2.24. The van der Waals surface area contributed by atoms with Crippen molar-refractivity contribution in [2.75, 3.05) is 13.1 Å². The topological polar surface area (TPSA) is 34.0 Å². The predicted molar refractivity (Wildman–Crippen MR) is 94.1 cm³/mol. The molecule has 1 aromatic carbocycles. The van der Waals surface area contributed by atoms with Gasteiger partial charge < -0.3 is 0 Å². The number of para-hydroxylation sites is 1. The highest BCUT2D eigenvalue weighted by Crippen LogP contribution is 2.33. The summed E-state index contributed by atoms with van der Waals surface area (Å²) >= 11 is 8.66. The number of fused-ring (bicyclic) bond motifs is 1. The fourth-order valence-electron chi connectivity index (χ4n) is 2.97. The lowest BCUT2D eigenvalue weighted by molar-refractivity contribution is 0.157. The van der Waals surface area contributed by atoms with Gasteiger partial charge in [0.15, 0.2) is 3.95 Å². The molecule has 1 atom stereocenters. The zero-order chi connectivity index (χ0) is 14.9. The molecule has 1 aliphatic rings. The summed E-state index contributed by atoms with van der Waals surface area (Å²) < 4.78 is 4.05. The maximum atomic E-state index is 5.30. The van der Waals surface area contributed by atoms with Gasteiger partial charge in [-0.2, -0.15) is 5.10 Å². The maximum Gasteiger partial charge on any atom is 0.180 e. The molecule has 4 rings (SSSR count). The number of likely N-dealkylation sites (tertiary alicyclic amines) is 1. The van der Waals surface area contributed by atoms with Gasteiger partial charge in [-0.05, 0) is 43.7 Å². The Morgan fingerprint density at radius 1 is 1.32 bits per heavy atom. The van der Waals surface area contributed by atoms with E-state index in [1.54, 1.807) is 0 Å². The van der Waals surface area contributed by atoms with Gasteiger partial charge in [0.25, 0.3) is 0 Å². The predicted octanol–water partition coefficient (Wildman–Crippen LogP) is 4.12. The van der Waals surface area contributed by atoms with E-state index in [1.165, 1.54) is 33.9 Å². The van der Waals surface area contributed by atoms with Crippen LogP contribution in [-0.4, -0.2) is 32.8 Å². The molecule has 2 aromatic heterocycles. The monoisotopic (exact) mass is 348 g/mol. The van der Waals surface area contributed by atoms with Crippen LogP contribution in [0.2, 0.25) is 0 Å². The summed E-state index contributed by atoms with van der Waals surface area (Å²) in [6.45, 7) is 2.95. The highest BCUT2D eigenvalue weighted by molar-refractivity contribution is 7.73. The summed E-state index contributed by atoms with van der Waals surface area (Å²) in [5, 5.41) is 5.59. The van der Waals surface area contributed by atoms with E-state index in [0.717, 1.165) is 29.2 Å². The van der Waals surface area contributed by atoms with Crippen molar-refractivity contribution in [1.82, 2.24) is 19.7 Å². The van der Waals surface area contributed by atoms with Crippen molar-refractivity contribution in [3.05, 3.63) is 38.7 Å². The molecule has 0 bridgehead atoms. The highest BCUT2D eigenvalue weighted by atomic mass is 32.1. The van der Waals surface area contributed by atoms with Crippen LogP contribution < -0.4 is 0 Å². The SMILES string of the molecule is S=c1scnn1CN1CCCC(c2nc3ccccc3s2)C1. The molecule has 3 heterocycles. The first-order valence-electron chi connectivity index (χ1n) is 7.38. The molecule has 0 saturated carbocycles. The molecule has 22 heavy (non-hydrogen) atoms. The van der Waals surface area contributed by atoms with Crippen LogP contribution in [0.5, 0.6) is 0 Å². The average Bonchev–Trinajstić information content (AvgIpc) is 3.14. The largest absolute Gasteiger partial charge is 0.284 e. The Morgan fingerprint density at radius 2 is 2.23 bits per heavy atom. The average molecular weight is 349 g/mol. The molecule has 114 valence electrons. The van der Waals surface area contributed by atoms with Crippen LogP contribution in [0.4, 0.5) is 0 Å². The van der Waals surface area contributed by atoms with Gasteiger partial charge in [-0.15, -0.1) is 11.3 Å². The Kier molecular flexibility index (Phi) is 4.04. The molecule has 1 unspecified atom stereocenters. The van der Waals surface area contributed by atoms with Crippen LogP contribution in [-0.2, 0) is 6.67 Å². The summed E-state index contributed by atoms with van der Waals surface area (Å²) in [6.07, 6.45) is 2.43. The summed E-state index contributed by atoms with van der Waals surface area (Å²) in [4.78, 5) is 7.28. The van der Waals surface area contributed by atoms with Gasteiger partial charge in [0, 0.05) is 12.5 Å². The molecule has 7 heteroatoms. The second-order valence-corrected chi connectivity index (χ2v) is 8.12. The molecule has 1 saturated heterocycles. The Labute approximate surface area is 142 Å². The van der Waals surface area contributed by atoms with Gasteiger partial charge in [-0.1, -0.05) is 23.5 Å². The van der Waals surface area contributed by atoms with Crippen LogP contribution in [0.1, 0.15) is 23.8 Å². The minimum atomic E-state index is 0.527. The molecule has 1 fully saturated rings. The third kappa shape index (κ3) is 2.86. The van der Waals surface area contributed by atoms with Crippen molar-refractivity contribution in [2.24, 2.45) is 0 Å². The quantitative estimate of drug-likeness (QED) is 0.667. The normalized spacial score (nSPS) is 19.7. The Bertz CT molecular complexity index is 801. The minimum absolute atomic E-state index is 0.527. The van der Waals surface area contributed by atoms with E-state index in [-0.39, 0.29) is 0 Å². The number of piperidine rings is 1.